The molecule has 1 aliphatic carbocycles. The number of rotatable bonds is 7. The highest BCUT2D eigenvalue weighted by Crippen LogP contribution is 2.35. The maximum Gasteiger partial charge on any atom is 0.416 e. The van der Waals surface area contributed by atoms with Gasteiger partial charge in [-0.1, -0.05) is 26.2 Å². The van der Waals surface area contributed by atoms with Gasteiger partial charge in [0.05, 0.1) is 16.8 Å². The molecule has 3 atom stereocenters. The predicted molar refractivity (Wildman–Crippen MR) is 127 cm³/mol. The molecule has 1 aliphatic heterocycles. The summed E-state index contributed by atoms with van der Waals surface area (Å²) in [5.41, 5.74) is -1.42. The van der Waals surface area contributed by atoms with Crippen molar-refractivity contribution in [2.45, 2.75) is 90.0 Å². The number of carbonyl (C=O) groups is 3. The second-order valence-electron chi connectivity index (χ2n) is 9.76. The van der Waals surface area contributed by atoms with Crippen LogP contribution in [0.3, 0.4) is 0 Å². The van der Waals surface area contributed by atoms with Gasteiger partial charge in [0.2, 0.25) is 5.91 Å². The van der Waals surface area contributed by atoms with Crippen LogP contribution in [0.15, 0.2) is 18.2 Å². The number of likely N-dealkylation sites (tertiary alicyclic amines) is 1. The second kappa shape index (κ2) is 11.3. The third-order valence-corrected chi connectivity index (χ3v) is 6.73. The Kier molecular flexibility index (Phi) is 8.66. The van der Waals surface area contributed by atoms with Crippen molar-refractivity contribution in [2.75, 3.05) is 11.9 Å². The Bertz CT molecular complexity index is 933. The number of nitrogens with zero attached hydrogens (tertiary/aromatic N) is 1. The summed E-state index contributed by atoms with van der Waals surface area (Å²) in [5.74, 6) is -0.582. The largest absolute Gasteiger partial charge is 0.416 e. The van der Waals surface area contributed by atoms with Crippen molar-refractivity contribution in [3.8, 4) is 0 Å². The second-order valence-corrected chi connectivity index (χ2v) is 9.76. The number of benzene rings is 1. The van der Waals surface area contributed by atoms with Crippen LogP contribution in [0, 0.1) is 5.92 Å². The van der Waals surface area contributed by atoms with E-state index in [1.165, 1.54) is 0 Å². The first-order valence-electron chi connectivity index (χ1n) is 12.4. The van der Waals surface area contributed by atoms with Gasteiger partial charge >= 0.3 is 12.2 Å². The van der Waals surface area contributed by atoms with E-state index in [0.29, 0.717) is 24.9 Å². The molecule has 3 rings (SSSR count). The first-order chi connectivity index (χ1) is 16.5. The summed E-state index contributed by atoms with van der Waals surface area (Å²) in [4.78, 5) is 40.3. The van der Waals surface area contributed by atoms with Crippen LogP contribution in [0.5, 0.6) is 0 Å². The molecule has 7 nitrogen and oxygen atoms in total. The van der Waals surface area contributed by atoms with Crippen molar-refractivity contribution >= 4 is 23.5 Å². The minimum absolute atomic E-state index is 0.0637. The molecule has 1 aromatic carbocycles. The summed E-state index contributed by atoms with van der Waals surface area (Å²) < 4.78 is 40.0. The number of alkyl halides is 3. The predicted octanol–water partition coefficient (Wildman–Crippen LogP) is 4.92. The monoisotopic (exact) mass is 496 g/mol. The highest BCUT2D eigenvalue weighted by Gasteiger charge is 2.40. The first kappa shape index (κ1) is 26.8. The third-order valence-electron chi connectivity index (χ3n) is 6.73. The summed E-state index contributed by atoms with van der Waals surface area (Å²) in [7, 11) is 0. The van der Waals surface area contributed by atoms with Gasteiger partial charge in [-0.25, -0.2) is 4.79 Å². The van der Waals surface area contributed by atoms with E-state index in [9.17, 15) is 27.6 Å². The molecule has 35 heavy (non-hydrogen) atoms. The number of carbonyl (C=O) groups excluding carboxylic acids is 3. The number of anilines is 1. The van der Waals surface area contributed by atoms with Gasteiger partial charge in [0, 0.05) is 18.6 Å². The normalized spacial score (nSPS) is 22.9. The summed E-state index contributed by atoms with van der Waals surface area (Å²) in [6.45, 7) is 6.10. The molecule has 2 fully saturated rings. The van der Waals surface area contributed by atoms with Gasteiger partial charge < -0.3 is 20.9 Å². The fraction of sp³-hybridized carbons (Fsp3) is 0.640. The standard InChI is InChI=1S/C25H35F3N4O3/c1-4-7-16-8-5-6-9-21(16)32-13-12-20(23(32)34)30-22(33)18-14-17(25(26,27)28)10-11-19(18)31-24(35)29-15(2)3/h10-11,14-16,20-21H,4-9,12-13H2,1-3H3,(H,30,33)(H2,29,31,35)/t16-,20-,21-/m0/s1. The van der Waals surface area contributed by atoms with E-state index < -0.39 is 29.7 Å². The number of nitrogens with one attached hydrogen (secondary N) is 3. The number of hydrogen-bond acceptors (Lipinski definition) is 3. The molecule has 194 valence electrons. The van der Waals surface area contributed by atoms with Crippen LogP contribution in [-0.4, -0.2) is 47.4 Å². The van der Waals surface area contributed by atoms with E-state index in [-0.39, 0.29) is 29.2 Å². The van der Waals surface area contributed by atoms with Crippen LogP contribution < -0.4 is 16.0 Å². The SMILES string of the molecule is CCC[C@H]1CCCC[C@@H]1N1CC[C@H](NC(=O)c2cc(C(F)(F)F)ccc2NC(=O)NC(C)C)C1=O. The fourth-order valence-corrected chi connectivity index (χ4v) is 5.15. The maximum absolute atomic E-state index is 13.3. The zero-order chi connectivity index (χ0) is 25.8. The van der Waals surface area contributed by atoms with Crippen LogP contribution in [0.25, 0.3) is 0 Å². The summed E-state index contributed by atoms with van der Waals surface area (Å²) >= 11 is 0. The van der Waals surface area contributed by atoms with Crippen molar-refractivity contribution in [1.29, 1.82) is 0 Å². The molecule has 10 heteroatoms. The van der Waals surface area contributed by atoms with E-state index in [0.717, 1.165) is 50.7 Å². The lowest BCUT2D eigenvalue weighted by molar-refractivity contribution is -0.137. The molecule has 0 spiro atoms. The van der Waals surface area contributed by atoms with E-state index >= 15 is 0 Å². The Morgan fingerprint density at radius 1 is 1.14 bits per heavy atom. The van der Waals surface area contributed by atoms with Crippen molar-refractivity contribution in [3.63, 3.8) is 0 Å². The molecule has 0 aromatic heterocycles. The van der Waals surface area contributed by atoms with Gasteiger partial charge in [-0.15, -0.1) is 0 Å². The topological polar surface area (TPSA) is 90.5 Å². The Balaban J connectivity index is 1.78. The highest BCUT2D eigenvalue weighted by atomic mass is 19.4. The van der Waals surface area contributed by atoms with Crippen LogP contribution >= 0.6 is 0 Å². The summed E-state index contributed by atoms with van der Waals surface area (Å²) in [5, 5.41) is 7.64. The molecular formula is C25H35F3N4O3. The van der Waals surface area contributed by atoms with Gasteiger partial charge in [-0.3, -0.25) is 9.59 Å². The van der Waals surface area contributed by atoms with Crippen molar-refractivity contribution in [1.82, 2.24) is 15.5 Å². The average molecular weight is 497 g/mol. The lowest BCUT2D eigenvalue weighted by atomic mass is 9.81. The summed E-state index contributed by atoms with van der Waals surface area (Å²) in [6.07, 6.45) is 2.05. The molecule has 0 unspecified atom stereocenters. The highest BCUT2D eigenvalue weighted by molar-refractivity contribution is 6.05. The molecule has 1 saturated heterocycles. The van der Waals surface area contributed by atoms with Gasteiger partial charge in [-0.2, -0.15) is 13.2 Å². The van der Waals surface area contributed by atoms with E-state index in [1.54, 1.807) is 13.8 Å². The van der Waals surface area contributed by atoms with Crippen LogP contribution in [-0.2, 0) is 11.0 Å². The van der Waals surface area contributed by atoms with Gasteiger partial charge in [-0.05, 0) is 63.6 Å². The number of hydrogen-bond donors (Lipinski definition) is 3. The Morgan fingerprint density at radius 3 is 2.51 bits per heavy atom. The summed E-state index contributed by atoms with van der Waals surface area (Å²) in [6, 6.07) is 1.05. The molecule has 3 N–H and O–H groups in total. The molecule has 0 bridgehead atoms. The van der Waals surface area contributed by atoms with E-state index in [1.807, 2.05) is 4.90 Å². The Morgan fingerprint density at radius 2 is 1.86 bits per heavy atom. The minimum Gasteiger partial charge on any atom is -0.340 e. The molecule has 1 heterocycles. The van der Waals surface area contributed by atoms with Crippen molar-refractivity contribution < 1.29 is 27.6 Å². The fourth-order valence-electron chi connectivity index (χ4n) is 5.15. The Labute approximate surface area is 204 Å². The average Bonchev–Trinajstić information content (AvgIpc) is 3.13. The lowest BCUT2D eigenvalue weighted by Gasteiger charge is -2.38. The number of urea groups is 1. The van der Waals surface area contributed by atoms with Gasteiger partial charge in [0.1, 0.15) is 6.04 Å². The van der Waals surface area contributed by atoms with Crippen LogP contribution in [0.2, 0.25) is 0 Å². The van der Waals surface area contributed by atoms with Gasteiger partial charge in [0.15, 0.2) is 0 Å². The molecule has 1 saturated carbocycles. The molecule has 4 amide bonds. The van der Waals surface area contributed by atoms with Gasteiger partial charge in [0.25, 0.3) is 5.91 Å². The maximum atomic E-state index is 13.3. The molecule has 1 aromatic rings. The molecule has 2 aliphatic rings. The minimum atomic E-state index is -4.66. The van der Waals surface area contributed by atoms with Crippen LogP contribution in [0.1, 0.15) is 81.6 Å². The quantitative estimate of drug-likeness (QED) is 0.500. The van der Waals surface area contributed by atoms with E-state index in [2.05, 4.69) is 22.9 Å². The van der Waals surface area contributed by atoms with Crippen molar-refractivity contribution in [2.24, 2.45) is 5.92 Å². The van der Waals surface area contributed by atoms with Crippen LogP contribution in [0.4, 0.5) is 23.7 Å². The van der Waals surface area contributed by atoms with E-state index in [4.69, 9.17) is 0 Å². The number of halogens is 3. The molecule has 0 radical (unpaired) electrons. The first-order valence-corrected chi connectivity index (χ1v) is 12.4. The Hall–Kier alpha value is -2.78. The zero-order valence-corrected chi connectivity index (χ0v) is 20.5. The smallest absolute Gasteiger partial charge is 0.340 e. The third kappa shape index (κ3) is 6.67. The number of amides is 4. The van der Waals surface area contributed by atoms with Crippen molar-refractivity contribution in [3.05, 3.63) is 29.3 Å². The molecular weight excluding hydrogens is 461 g/mol. The lowest BCUT2D eigenvalue weighted by Crippen LogP contribution is -2.48. The zero-order valence-electron chi connectivity index (χ0n) is 20.5.